The molecule has 1 aromatic carbocycles. The molecule has 2 aromatic rings. The molecule has 0 aliphatic heterocycles. The minimum atomic E-state index is -1.18. The van der Waals surface area contributed by atoms with E-state index in [1.807, 2.05) is 19.1 Å². The number of amides is 2. The molecule has 178 valence electrons. The van der Waals surface area contributed by atoms with Crippen LogP contribution < -0.4 is 16.0 Å². The van der Waals surface area contributed by atoms with Gasteiger partial charge in [-0.15, -0.1) is 0 Å². The van der Waals surface area contributed by atoms with Gasteiger partial charge in [0.2, 0.25) is 11.8 Å². The molecule has 0 radical (unpaired) electrons. The summed E-state index contributed by atoms with van der Waals surface area (Å²) in [6, 6.07) is 8.27. The van der Waals surface area contributed by atoms with Crippen LogP contribution >= 0.6 is 0 Å². The molecule has 0 spiro atoms. The molecule has 0 fully saturated rings. The molecular weight excluding hydrogens is 453 g/mol. The van der Waals surface area contributed by atoms with E-state index in [4.69, 9.17) is 5.11 Å². The van der Waals surface area contributed by atoms with E-state index in [1.54, 1.807) is 6.20 Å². The van der Waals surface area contributed by atoms with E-state index in [0.717, 1.165) is 17.8 Å². The number of carbonyl (C=O) groups excluding carboxylic acids is 2. The van der Waals surface area contributed by atoms with Crippen LogP contribution in [0, 0.1) is 17.0 Å². The van der Waals surface area contributed by atoms with Crippen LogP contribution in [0.5, 0.6) is 0 Å². The molecule has 11 nitrogen and oxygen atoms in total. The van der Waals surface area contributed by atoms with Gasteiger partial charge in [0, 0.05) is 31.3 Å². The molecule has 0 aliphatic rings. The summed E-state index contributed by atoms with van der Waals surface area (Å²) >= 11 is 0. The summed E-state index contributed by atoms with van der Waals surface area (Å²) < 4.78 is 0. The molecule has 1 atom stereocenters. The first-order valence-corrected chi connectivity index (χ1v) is 10.4. The number of unbranched alkanes of at least 4 members (excludes halogenated alkanes) is 1. The average molecular weight is 481 g/mol. The summed E-state index contributed by atoms with van der Waals surface area (Å²) in [5, 5.41) is 28.3. The van der Waals surface area contributed by atoms with Crippen molar-refractivity contribution in [1.29, 1.82) is 0 Å². The van der Waals surface area contributed by atoms with Crippen LogP contribution in [0.25, 0.3) is 0 Å². The Morgan fingerprint density at radius 3 is 2.59 bits per heavy atom. The number of aryl methyl sites for hydroxylation is 1. The SMILES string of the molecule is Cc1ccnc(NCCCCC(=O)NCC(=O)NC(CC(=O)O)c2cccc([N+](=O)[O-])c2)c1.[NaH]. The van der Waals surface area contributed by atoms with Gasteiger partial charge in [0.25, 0.3) is 5.69 Å². The Morgan fingerprint density at radius 1 is 1.15 bits per heavy atom. The predicted molar refractivity (Wildman–Crippen MR) is 128 cm³/mol. The molecule has 34 heavy (non-hydrogen) atoms. The molecular formula is C22H28N5NaO6. The second-order valence-corrected chi connectivity index (χ2v) is 7.45. The molecule has 0 saturated heterocycles. The Kier molecular flexibility index (Phi) is 12.8. The molecule has 4 N–H and O–H groups in total. The van der Waals surface area contributed by atoms with Gasteiger partial charge in [0.15, 0.2) is 0 Å². The number of rotatable bonds is 13. The minimum absolute atomic E-state index is 0. The summed E-state index contributed by atoms with van der Waals surface area (Å²) in [7, 11) is 0. The van der Waals surface area contributed by atoms with Crippen LogP contribution in [0.3, 0.4) is 0 Å². The fourth-order valence-electron chi connectivity index (χ4n) is 3.05. The number of aliphatic carboxylic acids is 1. The van der Waals surface area contributed by atoms with Gasteiger partial charge in [0.1, 0.15) is 5.82 Å². The Balaban J connectivity index is 0.00000578. The summed E-state index contributed by atoms with van der Waals surface area (Å²) in [6.45, 7) is 2.31. The van der Waals surface area contributed by atoms with Gasteiger partial charge in [-0.3, -0.25) is 24.5 Å². The van der Waals surface area contributed by atoms with Gasteiger partial charge in [-0.1, -0.05) is 12.1 Å². The van der Waals surface area contributed by atoms with Gasteiger partial charge >= 0.3 is 35.5 Å². The number of benzene rings is 1. The van der Waals surface area contributed by atoms with Crippen LogP contribution in [0.4, 0.5) is 11.5 Å². The topological polar surface area (TPSA) is 164 Å². The summed E-state index contributed by atoms with van der Waals surface area (Å²) in [6.07, 6.45) is 2.85. The normalized spacial score (nSPS) is 11.0. The van der Waals surface area contributed by atoms with E-state index in [1.165, 1.54) is 24.3 Å². The van der Waals surface area contributed by atoms with E-state index in [-0.39, 0.29) is 54.1 Å². The first-order chi connectivity index (χ1) is 15.7. The Hall–Kier alpha value is -3.02. The molecule has 0 bridgehead atoms. The Morgan fingerprint density at radius 2 is 1.91 bits per heavy atom. The van der Waals surface area contributed by atoms with Crippen molar-refractivity contribution in [2.75, 3.05) is 18.4 Å². The molecule has 1 aromatic heterocycles. The number of nitrogens with zero attached hydrogens (tertiary/aromatic N) is 2. The van der Waals surface area contributed by atoms with Gasteiger partial charge in [0.05, 0.1) is 23.9 Å². The zero-order valence-corrected chi connectivity index (χ0v) is 18.2. The second kappa shape index (κ2) is 15.0. The van der Waals surface area contributed by atoms with Crippen molar-refractivity contribution in [3.63, 3.8) is 0 Å². The number of anilines is 1. The van der Waals surface area contributed by atoms with E-state index in [0.29, 0.717) is 18.5 Å². The third-order valence-corrected chi connectivity index (χ3v) is 4.70. The van der Waals surface area contributed by atoms with E-state index in [9.17, 15) is 24.5 Å². The molecule has 0 aliphatic carbocycles. The van der Waals surface area contributed by atoms with Crippen molar-refractivity contribution in [2.45, 2.75) is 38.6 Å². The number of nitro groups is 1. The third kappa shape index (κ3) is 10.7. The van der Waals surface area contributed by atoms with Crippen LogP contribution in [-0.4, -0.2) is 75.4 Å². The van der Waals surface area contributed by atoms with Crippen molar-refractivity contribution in [3.05, 3.63) is 63.8 Å². The number of carboxylic acids is 1. The number of non-ortho nitro benzene ring substituents is 1. The molecule has 1 unspecified atom stereocenters. The van der Waals surface area contributed by atoms with Crippen LogP contribution in [0.2, 0.25) is 0 Å². The number of carboxylic acid groups (broad SMARTS) is 1. The standard InChI is InChI=1S/C22H27N5O6.Na.H/c1-15-8-10-24-19(11-15)23-9-3-2-7-20(28)25-14-21(29)26-18(13-22(30)31)16-5-4-6-17(12-16)27(32)33;;/h4-6,8,10-12,18H,2-3,7,9,13-14H2,1H3,(H,23,24)(H,25,28)(H,26,29)(H,30,31);;. The predicted octanol–water partition coefficient (Wildman–Crippen LogP) is 1.68. The fraction of sp³-hybridized carbons (Fsp3) is 0.364. The first-order valence-electron chi connectivity index (χ1n) is 10.4. The van der Waals surface area contributed by atoms with E-state index >= 15 is 0 Å². The van der Waals surface area contributed by atoms with E-state index in [2.05, 4.69) is 20.9 Å². The fourth-order valence-corrected chi connectivity index (χ4v) is 3.05. The van der Waals surface area contributed by atoms with Crippen molar-refractivity contribution in [3.8, 4) is 0 Å². The second-order valence-electron chi connectivity index (χ2n) is 7.45. The monoisotopic (exact) mass is 481 g/mol. The molecule has 2 rings (SSSR count). The van der Waals surface area contributed by atoms with Crippen molar-refractivity contribution < 1.29 is 24.4 Å². The van der Waals surface area contributed by atoms with Crippen LogP contribution in [0.1, 0.15) is 42.9 Å². The average Bonchev–Trinajstić information content (AvgIpc) is 2.77. The summed E-state index contributed by atoms with van der Waals surface area (Å²) in [4.78, 5) is 49.9. The Labute approximate surface area is 219 Å². The Bertz CT molecular complexity index is 1000. The summed E-state index contributed by atoms with van der Waals surface area (Å²) in [5.41, 5.74) is 1.18. The van der Waals surface area contributed by atoms with E-state index < -0.39 is 29.3 Å². The first kappa shape index (κ1) is 29.0. The number of carbonyl (C=O) groups is 3. The van der Waals surface area contributed by atoms with Gasteiger partial charge in [-0.25, -0.2) is 4.98 Å². The van der Waals surface area contributed by atoms with Crippen molar-refractivity contribution in [1.82, 2.24) is 15.6 Å². The number of pyridine rings is 1. The van der Waals surface area contributed by atoms with Crippen LogP contribution in [-0.2, 0) is 14.4 Å². The zero-order chi connectivity index (χ0) is 24.2. The maximum atomic E-state index is 12.2. The maximum absolute atomic E-state index is 12.2. The summed E-state index contributed by atoms with van der Waals surface area (Å²) in [5.74, 6) is -1.29. The molecule has 0 saturated carbocycles. The quantitative estimate of drug-likeness (QED) is 0.145. The van der Waals surface area contributed by atoms with Gasteiger partial charge in [-0.2, -0.15) is 0 Å². The number of hydrogen-bond acceptors (Lipinski definition) is 7. The third-order valence-electron chi connectivity index (χ3n) is 4.70. The number of hydrogen-bond donors (Lipinski definition) is 4. The molecule has 1 heterocycles. The van der Waals surface area contributed by atoms with Crippen LogP contribution in [0.15, 0.2) is 42.6 Å². The van der Waals surface area contributed by atoms with Gasteiger partial charge in [-0.05, 0) is 43.0 Å². The number of aromatic nitrogens is 1. The number of nitro benzene ring substituents is 1. The molecule has 2 amide bonds. The molecule has 12 heteroatoms. The van der Waals surface area contributed by atoms with Gasteiger partial charge < -0.3 is 21.1 Å². The number of nitrogens with one attached hydrogen (secondary N) is 3. The zero-order valence-electron chi connectivity index (χ0n) is 18.2. The van der Waals surface area contributed by atoms with Crippen molar-refractivity contribution in [2.24, 2.45) is 0 Å². The van der Waals surface area contributed by atoms with Crippen molar-refractivity contribution >= 4 is 58.8 Å².